The molecule has 0 radical (unpaired) electrons. The smallest absolute Gasteiger partial charge is 0.231 e. The molecule has 0 unspecified atom stereocenters. The lowest BCUT2D eigenvalue weighted by molar-refractivity contribution is -0.119. The van der Waals surface area contributed by atoms with E-state index in [4.69, 9.17) is 5.73 Å². The zero-order chi connectivity index (χ0) is 10.3. The summed E-state index contributed by atoms with van der Waals surface area (Å²) in [6, 6.07) is 0. The van der Waals surface area contributed by atoms with Crippen LogP contribution < -0.4 is 5.73 Å². The summed E-state index contributed by atoms with van der Waals surface area (Å²) in [5, 5.41) is 0. The Morgan fingerprint density at radius 1 is 1.23 bits per heavy atom. The average Bonchev–Trinajstić information content (AvgIpc) is 1.99. The first kappa shape index (κ1) is 12.4. The van der Waals surface area contributed by atoms with Gasteiger partial charge >= 0.3 is 0 Å². The Hall–Kier alpha value is -0.610. The largest absolute Gasteiger partial charge is 0.369 e. The lowest BCUT2D eigenvalue weighted by Gasteiger charge is -2.21. The maximum absolute atomic E-state index is 10.7. The predicted molar refractivity (Wildman–Crippen MR) is 54.5 cm³/mol. The van der Waals surface area contributed by atoms with E-state index in [2.05, 4.69) is 16.7 Å². The van der Waals surface area contributed by atoms with Gasteiger partial charge in [0.1, 0.15) is 0 Å². The van der Waals surface area contributed by atoms with Crippen molar-refractivity contribution < 1.29 is 4.79 Å². The van der Waals surface area contributed by atoms with Crippen LogP contribution >= 0.6 is 0 Å². The van der Waals surface area contributed by atoms with Crippen molar-refractivity contribution in [3.05, 3.63) is 0 Å². The molecule has 0 spiro atoms. The minimum absolute atomic E-state index is 0.243. The first-order valence-corrected chi connectivity index (χ1v) is 4.71. The van der Waals surface area contributed by atoms with Gasteiger partial charge in [0.2, 0.25) is 5.91 Å². The third-order valence-electron chi connectivity index (χ3n) is 1.78. The van der Waals surface area contributed by atoms with Crippen LogP contribution in [0.3, 0.4) is 0 Å². The lowest BCUT2D eigenvalue weighted by Crippen LogP contribution is -2.38. The predicted octanol–water partition coefficient (Wildman–Crippen LogP) is -0.255. The highest BCUT2D eigenvalue weighted by atomic mass is 16.1. The molecular weight excluding hydrogens is 166 g/mol. The second kappa shape index (κ2) is 6.86. The third kappa shape index (κ3) is 7.74. The SMILES string of the molecule is CCCN(CCN(C)C)CC(N)=O. The Morgan fingerprint density at radius 2 is 1.85 bits per heavy atom. The molecular formula is C9H21N3O. The van der Waals surface area contributed by atoms with Crippen molar-refractivity contribution in [1.82, 2.24) is 9.80 Å². The van der Waals surface area contributed by atoms with Crippen LogP contribution in [-0.2, 0) is 4.79 Å². The summed E-state index contributed by atoms with van der Waals surface area (Å²) in [4.78, 5) is 14.9. The van der Waals surface area contributed by atoms with Gasteiger partial charge in [-0.15, -0.1) is 0 Å². The minimum atomic E-state index is -0.243. The fraction of sp³-hybridized carbons (Fsp3) is 0.889. The molecule has 1 amide bonds. The van der Waals surface area contributed by atoms with E-state index in [-0.39, 0.29) is 5.91 Å². The van der Waals surface area contributed by atoms with E-state index in [0.29, 0.717) is 6.54 Å². The van der Waals surface area contributed by atoms with Crippen molar-refractivity contribution in [1.29, 1.82) is 0 Å². The van der Waals surface area contributed by atoms with Crippen molar-refractivity contribution in [2.45, 2.75) is 13.3 Å². The molecule has 0 aromatic carbocycles. The zero-order valence-electron chi connectivity index (χ0n) is 8.92. The van der Waals surface area contributed by atoms with E-state index in [9.17, 15) is 4.79 Å². The maximum Gasteiger partial charge on any atom is 0.231 e. The second-order valence-corrected chi connectivity index (χ2v) is 3.55. The highest BCUT2D eigenvalue weighted by molar-refractivity contribution is 5.75. The van der Waals surface area contributed by atoms with Gasteiger partial charge < -0.3 is 10.6 Å². The van der Waals surface area contributed by atoms with Gasteiger partial charge in [-0.3, -0.25) is 9.69 Å². The molecule has 13 heavy (non-hydrogen) atoms. The van der Waals surface area contributed by atoms with Crippen molar-refractivity contribution >= 4 is 5.91 Å². The van der Waals surface area contributed by atoms with Crippen LogP contribution in [0.2, 0.25) is 0 Å². The van der Waals surface area contributed by atoms with Gasteiger partial charge in [0.05, 0.1) is 6.54 Å². The molecule has 0 saturated carbocycles. The zero-order valence-corrected chi connectivity index (χ0v) is 8.92. The summed E-state index contributed by atoms with van der Waals surface area (Å²) in [5.74, 6) is -0.243. The Kier molecular flexibility index (Phi) is 6.54. The molecule has 0 fully saturated rings. The van der Waals surface area contributed by atoms with Crippen molar-refractivity contribution in [3.63, 3.8) is 0 Å². The highest BCUT2D eigenvalue weighted by Gasteiger charge is 2.06. The van der Waals surface area contributed by atoms with Crippen LogP contribution in [0, 0.1) is 0 Å². The fourth-order valence-corrected chi connectivity index (χ4v) is 1.15. The number of rotatable bonds is 7. The molecule has 0 aliphatic rings. The topological polar surface area (TPSA) is 49.6 Å². The Bertz CT molecular complexity index is 148. The van der Waals surface area contributed by atoms with E-state index in [0.717, 1.165) is 26.1 Å². The molecule has 0 rings (SSSR count). The number of nitrogens with two attached hydrogens (primary N) is 1. The first-order valence-electron chi connectivity index (χ1n) is 4.71. The fourth-order valence-electron chi connectivity index (χ4n) is 1.15. The Morgan fingerprint density at radius 3 is 2.23 bits per heavy atom. The highest BCUT2D eigenvalue weighted by Crippen LogP contribution is 1.91. The number of amides is 1. The third-order valence-corrected chi connectivity index (χ3v) is 1.78. The number of likely N-dealkylation sites (N-methyl/N-ethyl adjacent to an activating group) is 1. The van der Waals surface area contributed by atoms with E-state index in [1.807, 2.05) is 14.1 Å². The van der Waals surface area contributed by atoms with E-state index in [1.165, 1.54) is 0 Å². The van der Waals surface area contributed by atoms with Crippen molar-refractivity contribution in [2.24, 2.45) is 5.73 Å². The lowest BCUT2D eigenvalue weighted by atomic mass is 10.3. The Labute approximate surface area is 80.7 Å². The van der Waals surface area contributed by atoms with Crippen LogP contribution in [0.4, 0.5) is 0 Å². The standard InChI is InChI=1S/C9H21N3O/c1-4-5-12(8-9(10)13)7-6-11(2)3/h4-8H2,1-3H3,(H2,10,13). The van der Waals surface area contributed by atoms with Gasteiger partial charge in [0, 0.05) is 13.1 Å². The normalized spacial score (nSPS) is 11.2. The quantitative estimate of drug-likeness (QED) is 0.597. The molecule has 78 valence electrons. The molecule has 0 atom stereocenters. The summed E-state index contributed by atoms with van der Waals surface area (Å²) < 4.78 is 0. The molecule has 4 heteroatoms. The van der Waals surface area contributed by atoms with Gasteiger partial charge in [-0.25, -0.2) is 0 Å². The summed E-state index contributed by atoms with van der Waals surface area (Å²) in [6.07, 6.45) is 1.06. The molecule has 0 aliphatic heterocycles. The van der Waals surface area contributed by atoms with Crippen LogP contribution in [0.5, 0.6) is 0 Å². The summed E-state index contributed by atoms with van der Waals surface area (Å²) >= 11 is 0. The molecule has 0 saturated heterocycles. The minimum Gasteiger partial charge on any atom is -0.369 e. The van der Waals surface area contributed by atoms with E-state index in [1.54, 1.807) is 0 Å². The molecule has 0 aliphatic carbocycles. The molecule has 2 N–H and O–H groups in total. The van der Waals surface area contributed by atoms with Gasteiger partial charge in [-0.1, -0.05) is 6.92 Å². The number of hydrogen-bond acceptors (Lipinski definition) is 3. The van der Waals surface area contributed by atoms with Gasteiger partial charge in [0.15, 0.2) is 0 Å². The van der Waals surface area contributed by atoms with Crippen molar-refractivity contribution in [3.8, 4) is 0 Å². The number of primary amides is 1. The van der Waals surface area contributed by atoms with Crippen LogP contribution in [-0.4, -0.2) is 56.0 Å². The number of carbonyl (C=O) groups is 1. The Balaban J connectivity index is 3.72. The van der Waals surface area contributed by atoms with Crippen LogP contribution in [0.1, 0.15) is 13.3 Å². The molecule has 0 heterocycles. The second-order valence-electron chi connectivity index (χ2n) is 3.55. The summed E-state index contributed by atoms with van der Waals surface area (Å²) in [7, 11) is 4.04. The van der Waals surface area contributed by atoms with Crippen LogP contribution in [0.15, 0.2) is 0 Å². The number of nitrogens with zero attached hydrogens (tertiary/aromatic N) is 2. The summed E-state index contributed by atoms with van der Waals surface area (Å²) in [6.45, 7) is 5.29. The van der Waals surface area contributed by atoms with Gasteiger partial charge in [-0.05, 0) is 27.1 Å². The van der Waals surface area contributed by atoms with Crippen LogP contribution in [0.25, 0.3) is 0 Å². The number of hydrogen-bond donors (Lipinski definition) is 1. The number of carbonyl (C=O) groups excluding carboxylic acids is 1. The van der Waals surface area contributed by atoms with E-state index < -0.39 is 0 Å². The molecule has 4 nitrogen and oxygen atoms in total. The summed E-state index contributed by atoms with van der Waals surface area (Å²) in [5.41, 5.74) is 5.14. The maximum atomic E-state index is 10.7. The molecule has 0 aromatic rings. The molecule has 0 bridgehead atoms. The van der Waals surface area contributed by atoms with Gasteiger partial charge in [-0.2, -0.15) is 0 Å². The average molecular weight is 187 g/mol. The first-order chi connectivity index (χ1) is 6.06. The monoisotopic (exact) mass is 187 g/mol. The van der Waals surface area contributed by atoms with Crippen molar-refractivity contribution in [2.75, 3.05) is 40.3 Å². The van der Waals surface area contributed by atoms with Gasteiger partial charge in [0.25, 0.3) is 0 Å². The molecule has 0 aromatic heterocycles. The van der Waals surface area contributed by atoms with E-state index >= 15 is 0 Å².